The third-order valence-electron chi connectivity index (χ3n) is 7.83. The summed E-state index contributed by atoms with van der Waals surface area (Å²) in [6.45, 7) is 7.09. The molecule has 0 heterocycles. The largest absolute Gasteiger partial charge is 0.471 e. The Kier molecular flexibility index (Phi) is 8.86. The van der Waals surface area contributed by atoms with Crippen LogP contribution < -0.4 is 10.0 Å². The van der Waals surface area contributed by atoms with E-state index in [0.29, 0.717) is 12.8 Å². The summed E-state index contributed by atoms with van der Waals surface area (Å²) in [5, 5.41) is 2.06. The van der Waals surface area contributed by atoms with Crippen LogP contribution in [0.3, 0.4) is 0 Å². The predicted octanol–water partition coefficient (Wildman–Crippen LogP) is 6.22. The van der Waals surface area contributed by atoms with Crippen molar-refractivity contribution in [3.8, 4) is 0 Å². The van der Waals surface area contributed by atoms with Crippen LogP contribution in [0, 0.1) is 11.3 Å². The molecule has 13 heteroatoms. The van der Waals surface area contributed by atoms with Gasteiger partial charge in [0.2, 0.25) is 3.79 Å². The average Bonchev–Trinajstić information content (AvgIpc) is 2.76. The van der Waals surface area contributed by atoms with Gasteiger partial charge in [-0.15, -0.1) is 0 Å². The zero-order valence-corrected chi connectivity index (χ0v) is 24.1. The highest BCUT2D eigenvalue weighted by Crippen LogP contribution is 2.59. The van der Waals surface area contributed by atoms with Crippen LogP contribution in [0.5, 0.6) is 0 Å². The zero-order chi connectivity index (χ0) is 28.0. The molecule has 0 saturated heterocycles. The van der Waals surface area contributed by atoms with Crippen LogP contribution >= 0.6 is 34.8 Å². The minimum absolute atomic E-state index is 0.183. The maximum absolute atomic E-state index is 12.9. The van der Waals surface area contributed by atoms with E-state index >= 15 is 0 Å². The number of carbonyl (C=O) groups is 1. The molecular formula is C24H32Cl3F3N2O4S. The summed E-state index contributed by atoms with van der Waals surface area (Å²) in [4.78, 5) is 11.6. The first-order valence-corrected chi connectivity index (χ1v) is 14.5. The Balaban J connectivity index is 2.02. The molecule has 3 rings (SSSR count). The van der Waals surface area contributed by atoms with Gasteiger partial charge < -0.3 is 5.32 Å². The summed E-state index contributed by atoms with van der Waals surface area (Å²) in [5.74, 6) is -2.06. The Morgan fingerprint density at radius 2 is 1.84 bits per heavy atom. The highest BCUT2D eigenvalue weighted by Gasteiger charge is 2.54. The maximum Gasteiger partial charge on any atom is 0.471 e. The Bertz CT molecular complexity index is 1130. The SMILES string of the molecule is CC(C)c1ccc2c(c1)C(NS(=O)(=O)OCC(Cl)(Cl)Cl)C[C@H]1[C@](C)(CNC(=O)C(F)(F)F)CCC[C@]21C. The highest BCUT2D eigenvalue weighted by molar-refractivity contribution is 7.84. The molecule has 0 radical (unpaired) electrons. The van der Waals surface area contributed by atoms with Crippen LogP contribution in [0.4, 0.5) is 13.2 Å². The molecule has 1 saturated carbocycles. The van der Waals surface area contributed by atoms with Gasteiger partial charge in [0, 0.05) is 12.6 Å². The van der Waals surface area contributed by atoms with Crippen molar-refractivity contribution in [2.45, 2.75) is 80.7 Å². The summed E-state index contributed by atoms with van der Waals surface area (Å²) in [6, 6.07) is 5.23. The van der Waals surface area contributed by atoms with Gasteiger partial charge in [-0.1, -0.05) is 87.1 Å². The number of benzene rings is 1. The molecule has 4 atom stereocenters. The van der Waals surface area contributed by atoms with Crippen LogP contribution in [0.15, 0.2) is 18.2 Å². The molecule has 2 aliphatic carbocycles. The molecule has 0 aliphatic heterocycles. The number of alkyl halides is 6. The van der Waals surface area contributed by atoms with E-state index in [1.807, 2.05) is 39.0 Å². The molecule has 0 bridgehead atoms. The van der Waals surface area contributed by atoms with E-state index in [0.717, 1.165) is 29.5 Å². The van der Waals surface area contributed by atoms with Crippen molar-refractivity contribution in [1.29, 1.82) is 0 Å². The van der Waals surface area contributed by atoms with E-state index in [4.69, 9.17) is 39.0 Å². The van der Waals surface area contributed by atoms with E-state index in [9.17, 15) is 26.4 Å². The number of amides is 1. The van der Waals surface area contributed by atoms with Gasteiger partial charge in [-0.2, -0.15) is 26.3 Å². The van der Waals surface area contributed by atoms with Gasteiger partial charge in [0.1, 0.15) is 6.61 Å². The first-order chi connectivity index (χ1) is 16.8. The van der Waals surface area contributed by atoms with Crippen molar-refractivity contribution in [3.63, 3.8) is 0 Å². The lowest BCUT2D eigenvalue weighted by atomic mass is 9.49. The van der Waals surface area contributed by atoms with E-state index in [1.165, 1.54) is 0 Å². The van der Waals surface area contributed by atoms with Crippen molar-refractivity contribution in [3.05, 3.63) is 34.9 Å². The molecule has 37 heavy (non-hydrogen) atoms. The lowest BCUT2D eigenvalue weighted by molar-refractivity contribution is -0.174. The van der Waals surface area contributed by atoms with E-state index in [2.05, 4.69) is 17.0 Å². The van der Waals surface area contributed by atoms with Gasteiger partial charge >= 0.3 is 22.4 Å². The Morgan fingerprint density at radius 3 is 2.41 bits per heavy atom. The van der Waals surface area contributed by atoms with Crippen molar-refractivity contribution < 1.29 is 30.6 Å². The fourth-order valence-corrected chi connectivity index (χ4v) is 7.34. The number of hydrogen-bond donors (Lipinski definition) is 2. The lowest BCUT2D eigenvalue weighted by Crippen LogP contribution is -2.56. The smallest absolute Gasteiger partial charge is 0.348 e. The molecule has 2 aliphatic rings. The first kappa shape index (κ1) is 30.8. The number of halogens is 6. The molecule has 210 valence electrons. The molecule has 2 N–H and O–H groups in total. The fourth-order valence-electron chi connectivity index (χ4n) is 6.01. The normalized spacial score (nSPS) is 28.5. The monoisotopic (exact) mass is 606 g/mol. The first-order valence-electron chi connectivity index (χ1n) is 12.0. The van der Waals surface area contributed by atoms with Crippen molar-refractivity contribution >= 4 is 51.0 Å². The number of nitrogens with one attached hydrogen (secondary N) is 2. The summed E-state index contributed by atoms with van der Waals surface area (Å²) < 4.78 is 69.9. The van der Waals surface area contributed by atoms with Crippen LogP contribution in [-0.2, 0) is 24.7 Å². The predicted molar refractivity (Wildman–Crippen MR) is 138 cm³/mol. The second-order valence-electron chi connectivity index (χ2n) is 10.9. The Hall–Kier alpha value is -0.780. The standard InChI is InChI=1S/C24H32Cl3F3N2O4S/c1-14(2)15-6-7-17-16(10-15)18(32-37(34,35)36-13-23(25,26)27)11-19-21(3,8-5-9-22(17,19)4)12-31-20(33)24(28,29)30/h6-7,10,14,18-19,32H,5,8-9,11-13H2,1-4H3,(H,31,33)/t18?,19-,21-,22+/m0/s1. The summed E-state index contributed by atoms with van der Waals surface area (Å²) in [6.07, 6.45) is -2.59. The molecular weight excluding hydrogens is 576 g/mol. The number of rotatable bonds is 7. The Labute approximate surface area is 231 Å². The van der Waals surface area contributed by atoms with Crippen molar-refractivity contribution in [1.82, 2.24) is 10.0 Å². The number of carbonyl (C=O) groups excluding carboxylic acids is 1. The van der Waals surface area contributed by atoms with Gasteiger partial charge in [0.05, 0.1) is 0 Å². The highest BCUT2D eigenvalue weighted by atomic mass is 35.6. The van der Waals surface area contributed by atoms with Gasteiger partial charge in [-0.25, -0.2) is 0 Å². The van der Waals surface area contributed by atoms with Crippen LogP contribution in [0.25, 0.3) is 0 Å². The zero-order valence-electron chi connectivity index (χ0n) is 21.0. The van der Waals surface area contributed by atoms with E-state index in [-0.39, 0.29) is 18.4 Å². The van der Waals surface area contributed by atoms with Gasteiger partial charge in [-0.3, -0.25) is 8.98 Å². The average molecular weight is 608 g/mol. The van der Waals surface area contributed by atoms with Gasteiger partial charge in [0.25, 0.3) is 0 Å². The minimum atomic E-state index is -4.99. The van der Waals surface area contributed by atoms with E-state index < -0.39 is 49.7 Å². The van der Waals surface area contributed by atoms with Crippen LogP contribution in [-0.4, -0.2) is 37.4 Å². The molecule has 1 aromatic carbocycles. The van der Waals surface area contributed by atoms with Gasteiger partial charge in [0.15, 0.2) is 0 Å². The van der Waals surface area contributed by atoms with E-state index in [1.54, 1.807) is 0 Å². The minimum Gasteiger partial charge on any atom is -0.348 e. The lowest BCUT2D eigenvalue weighted by Gasteiger charge is -2.57. The molecule has 1 amide bonds. The maximum atomic E-state index is 12.9. The van der Waals surface area contributed by atoms with Crippen molar-refractivity contribution in [2.75, 3.05) is 13.2 Å². The van der Waals surface area contributed by atoms with Crippen LogP contribution in [0.1, 0.15) is 82.0 Å². The van der Waals surface area contributed by atoms with Crippen LogP contribution in [0.2, 0.25) is 0 Å². The molecule has 1 fully saturated rings. The number of fused-ring (bicyclic) bond motifs is 3. The summed E-state index contributed by atoms with van der Waals surface area (Å²) >= 11 is 17.0. The second-order valence-corrected chi connectivity index (χ2v) is 14.8. The van der Waals surface area contributed by atoms with Crippen molar-refractivity contribution in [2.24, 2.45) is 11.3 Å². The number of hydrogen-bond acceptors (Lipinski definition) is 4. The second kappa shape index (κ2) is 10.7. The van der Waals surface area contributed by atoms with Gasteiger partial charge in [-0.05, 0) is 58.6 Å². The summed E-state index contributed by atoms with van der Waals surface area (Å²) in [7, 11) is -4.35. The molecule has 1 unspecified atom stereocenters. The Morgan fingerprint density at radius 1 is 1.19 bits per heavy atom. The quantitative estimate of drug-likeness (QED) is 0.361. The molecule has 1 aromatic rings. The molecule has 0 aromatic heterocycles. The third-order valence-corrected chi connectivity index (χ3v) is 9.16. The fraction of sp³-hybridized carbons (Fsp3) is 0.708. The third kappa shape index (κ3) is 7.06. The summed E-state index contributed by atoms with van der Waals surface area (Å²) in [5.41, 5.74) is 1.57. The molecule has 0 spiro atoms. The molecule has 6 nitrogen and oxygen atoms in total. The topological polar surface area (TPSA) is 84.5 Å².